The maximum atomic E-state index is 13.6. The van der Waals surface area contributed by atoms with Gasteiger partial charge >= 0.3 is 19.4 Å². The predicted molar refractivity (Wildman–Crippen MR) is 128 cm³/mol. The normalized spacial score (nSPS) is 22.1. The fourth-order valence-corrected chi connectivity index (χ4v) is 4.86. The zero-order chi connectivity index (χ0) is 25.9. The van der Waals surface area contributed by atoms with Crippen molar-refractivity contribution in [2.45, 2.75) is 45.2 Å². The highest BCUT2D eigenvalue weighted by Gasteiger charge is 2.36. The minimum absolute atomic E-state index is 0.0148. The molecule has 1 aromatic carbocycles. The number of aromatic amines is 1. The third-order valence-electron chi connectivity index (χ3n) is 5.47. The van der Waals surface area contributed by atoms with Gasteiger partial charge in [0.05, 0.1) is 13.2 Å². The monoisotopic (exact) mass is 543 g/mol. The highest BCUT2D eigenvalue weighted by atomic mass is 35.5. The van der Waals surface area contributed by atoms with Gasteiger partial charge in [0.25, 0.3) is 5.56 Å². The summed E-state index contributed by atoms with van der Waals surface area (Å²) in [7, 11) is -4.14. The first kappa shape index (κ1) is 26.6. The lowest BCUT2D eigenvalue weighted by Crippen LogP contribution is -2.36. The Morgan fingerprint density at radius 3 is 2.69 bits per heavy atom. The number of ether oxygens (including phenoxy) is 3. The van der Waals surface area contributed by atoms with E-state index in [0.717, 1.165) is 12.8 Å². The van der Waals surface area contributed by atoms with Crippen LogP contribution in [0.25, 0.3) is 0 Å². The summed E-state index contributed by atoms with van der Waals surface area (Å²) in [6.45, 7) is 2.98. The number of aromatic nitrogens is 2. The Kier molecular flexibility index (Phi) is 8.34. The molecule has 1 aromatic heterocycles. The lowest BCUT2D eigenvalue weighted by molar-refractivity contribution is -0.145. The molecular formula is C22H27ClN3O9P. The molecule has 14 heteroatoms. The standard InChI is InChI=1S/C22H27ClN3O9P/c1-13-9-26(22(29)24-20(13)27)18-11-31-19(34-18)12-33-36(30,35-17-7-5-16(23)6-8-17)25-14(2)21(28)32-10-15-3-4-15/h5-9,14-15,18-19H,3-4,10-12H2,1-2H3,(H,25,30)(H,24,27,29)/t14?,18-,19-,36?/m1/s1. The molecule has 2 aromatic rings. The van der Waals surface area contributed by atoms with Gasteiger partial charge in [-0.3, -0.25) is 23.7 Å². The molecule has 2 fully saturated rings. The second-order valence-corrected chi connectivity index (χ2v) is 10.7. The molecule has 2 unspecified atom stereocenters. The van der Waals surface area contributed by atoms with Crippen LogP contribution in [-0.2, 0) is 28.1 Å². The first-order valence-corrected chi connectivity index (χ1v) is 13.3. The minimum Gasteiger partial charge on any atom is -0.464 e. The molecule has 2 aliphatic rings. The summed E-state index contributed by atoms with van der Waals surface area (Å²) in [5, 5.41) is 3.04. The molecular weight excluding hydrogens is 517 g/mol. The van der Waals surface area contributed by atoms with Crippen LogP contribution in [0.3, 0.4) is 0 Å². The summed E-state index contributed by atoms with van der Waals surface area (Å²) in [5.74, 6) is -0.0280. The van der Waals surface area contributed by atoms with Crippen molar-refractivity contribution in [2.75, 3.05) is 19.8 Å². The lowest BCUT2D eigenvalue weighted by atomic mass is 10.3. The van der Waals surface area contributed by atoms with Crippen molar-refractivity contribution in [3.05, 3.63) is 61.9 Å². The summed E-state index contributed by atoms with van der Waals surface area (Å²) >= 11 is 5.91. The zero-order valence-electron chi connectivity index (χ0n) is 19.7. The van der Waals surface area contributed by atoms with E-state index in [1.54, 1.807) is 19.1 Å². The van der Waals surface area contributed by atoms with Crippen molar-refractivity contribution in [1.29, 1.82) is 0 Å². The number of hydrogen-bond acceptors (Lipinski definition) is 9. The summed E-state index contributed by atoms with van der Waals surface area (Å²) in [6.07, 6.45) is 1.56. The van der Waals surface area contributed by atoms with Crippen LogP contribution in [0, 0.1) is 12.8 Å². The van der Waals surface area contributed by atoms with Gasteiger partial charge in [0.1, 0.15) is 18.4 Å². The summed E-state index contributed by atoms with van der Waals surface area (Å²) in [5.41, 5.74) is -0.825. The molecule has 12 nitrogen and oxygen atoms in total. The van der Waals surface area contributed by atoms with E-state index in [2.05, 4.69) is 10.1 Å². The molecule has 36 heavy (non-hydrogen) atoms. The second-order valence-electron chi connectivity index (χ2n) is 8.59. The van der Waals surface area contributed by atoms with Gasteiger partial charge in [-0.25, -0.2) is 9.36 Å². The van der Waals surface area contributed by atoms with Crippen LogP contribution < -0.4 is 20.9 Å². The Bertz CT molecular complexity index is 1240. The first-order valence-electron chi connectivity index (χ1n) is 11.4. The first-order chi connectivity index (χ1) is 17.1. The van der Waals surface area contributed by atoms with Crippen LogP contribution in [0.1, 0.15) is 31.6 Å². The van der Waals surface area contributed by atoms with E-state index in [9.17, 15) is 18.9 Å². The van der Waals surface area contributed by atoms with Gasteiger partial charge in [0.15, 0.2) is 12.5 Å². The van der Waals surface area contributed by atoms with Crippen LogP contribution >= 0.6 is 19.3 Å². The average Bonchev–Trinajstić information content (AvgIpc) is 3.55. The molecule has 0 spiro atoms. The molecule has 1 saturated heterocycles. The molecule has 4 rings (SSSR count). The predicted octanol–water partition coefficient (Wildman–Crippen LogP) is 2.50. The van der Waals surface area contributed by atoms with Gasteiger partial charge in [-0.05, 0) is 56.9 Å². The number of nitrogens with one attached hydrogen (secondary N) is 2. The molecule has 1 aliphatic heterocycles. The molecule has 0 amide bonds. The van der Waals surface area contributed by atoms with E-state index in [1.165, 1.54) is 29.8 Å². The fraction of sp³-hybridized carbons (Fsp3) is 0.500. The molecule has 1 saturated carbocycles. The zero-order valence-corrected chi connectivity index (χ0v) is 21.3. The van der Waals surface area contributed by atoms with E-state index in [1.807, 2.05) is 0 Å². The van der Waals surface area contributed by atoms with Crippen molar-refractivity contribution in [3.8, 4) is 5.75 Å². The molecule has 1 aliphatic carbocycles. The highest BCUT2D eigenvalue weighted by Crippen LogP contribution is 2.45. The number of carbonyl (C=O) groups excluding carboxylic acids is 1. The van der Waals surface area contributed by atoms with Crippen molar-refractivity contribution in [2.24, 2.45) is 5.92 Å². The topological polar surface area (TPSA) is 147 Å². The number of hydrogen-bond donors (Lipinski definition) is 2. The van der Waals surface area contributed by atoms with E-state index in [-0.39, 0.29) is 19.0 Å². The van der Waals surface area contributed by atoms with Gasteiger partial charge < -0.3 is 18.7 Å². The maximum absolute atomic E-state index is 13.6. The van der Waals surface area contributed by atoms with Crippen molar-refractivity contribution >= 4 is 25.3 Å². The van der Waals surface area contributed by atoms with Gasteiger partial charge in [-0.15, -0.1) is 0 Å². The van der Waals surface area contributed by atoms with Gasteiger partial charge in [0.2, 0.25) is 0 Å². The number of aryl methyl sites for hydroxylation is 1. The van der Waals surface area contributed by atoms with E-state index < -0.39 is 43.5 Å². The van der Waals surface area contributed by atoms with Crippen molar-refractivity contribution in [3.63, 3.8) is 0 Å². The largest absolute Gasteiger partial charge is 0.464 e. The van der Waals surface area contributed by atoms with Crippen LogP contribution in [0.2, 0.25) is 5.02 Å². The smallest absolute Gasteiger partial charge is 0.459 e. The second kappa shape index (κ2) is 11.3. The Morgan fingerprint density at radius 2 is 2.00 bits per heavy atom. The minimum atomic E-state index is -4.14. The molecule has 196 valence electrons. The van der Waals surface area contributed by atoms with Gasteiger partial charge in [-0.1, -0.05) is 11.6 Å². The van der Waals surface area contributed by atoms with Crippen molar-refractivity contribution in [1.82, 2.24) is 14.6 Å². The Balaban J connectivity index is 1.41. The Hall–Kier alpha value is -2.47. The number of benzene rings is 1. The van der Waals surface area contributed by atoms with Crippen LogP contribution in [0.15, 0.2) is 40.1 Å². The Morgan fingerprint density at radius 1 is 1.28 bits per heavy atom. The third kappa shape index (κ3) is 7.06. The van der Waals surface area contributed by atoms with E-state index in [4.69, 9.17) is 34.9 Å². The highest BCUT2D eigenvalue weighted by molar-refractivity contribution is 7.52. The van der Waals surface area contributed by atoms with Crippen LogP contribution in [0.5, 0.6) is 5.75 Å². The van der Waals surface area contributed by atoms with Gasteiger partial charge in [-0.2, -0.15) is 5.09 Å². The molecule has 2 heterocycles. The summed E-state index contributed by atoms with van der Waals surface area (Å²) < 4.78 is 42.4. The van der Waals surface area contributed by atoms with Gasteiger partial charge in [0, 0.05) is 16.8 Å². The average molecular weight is 544 g/mol. The Labute approximate surface area is 211 Å². The van der Waals surface area contributed by atoms with E-state index in [0.29, 0.717) is 23.1 Å². The quantitative estimate of drug-likeness (QED) is 0.320. The number of esters is 1. The number of carbonyl (C=O) groups is 1. The fourth-order valence-electron chi connectivity index (χ4n) is 3.26. The van der Waals surface area contributed by atoms with E-state index >= 15 is 0 Å². The number of rotatable bonds is 11. The molecule has 0 radical (unpaired) electrons. The summed E-state index contributed by atoms with van der Waals surface area (Å²) in [4.78, 5) is 38.3. The number of H-pyrrole nitrogens is 1. The molecule has 4 atom stereocenters. The number of nitrogens with zero attached hydrogens (tertiary/aromatic N) is 1. The summed E-state index contributed by atoms with van der Waals surface area (Å²) in [6, 6.07) is 5.10. The lowest BCUT2D eigenvalue weighted by Gasteiger charge is -2.24. The third-order valence-corrected chi connectivity index (χ3v) is 7.37. The SMILES string of the molecule is Cc1cn([C@H]2CO[C@@H](COP(=O)(NC(C)C(=O)OCC3CC3)Oc3ccc(Cl)cc3)O2)c(=O)[nH]c1=O. The van der Waals surface area contributed by atoms with Crippen LogP contribution in [0.4, 0.5) is 0 Å². The van der Waals surface area contributed by atoms with Crippen molar-refractivity contribution < 1.29 is 32.6 Å². The van der Waals surface area contributed by atoms with Crippen LogP contribution in [-0.4, -0.2) is 47.7 Å². The molecule has 0 bridgehead atoms. The molecule has 2 N–H and O–H groups in total. The maximum Gasteiger partial charge on any atom is 0.459 e. The number of halogens is 1.